The molecule has 1 fully saturated rings. The van der Waals surface area contributed by atoms with Gasteiger partial charge in [-0.3, -0.25) is 0 Å². The van der Waals surface area contributed by atoms with E-state index in [9.17, 15) is 0 Å². The summed E-state index contributed by atoms with van der Waals surface area (Å²) >= 11 is 0. The third kappa shape index (κ3) is 2.45. The summed E-state index contributed by atoms with van der Waals surface area (Å²) in [6.07, 6.45) is 2.33. The normalized spacial score (nSPS) is 38.6. The van der Waals surface area contributed by atoms with Crippen LogP contribution in [-0.2, 0) is 9.47 Å². The van der Waals surface area contributed by atoms with Crippen LogP contribution in [0.2, 0.25) is 0 Å². The molecule has 4 heteroatoms. The van der Waals surface area contributed by atoms with Gasteiger partial charge in [0.25, 0.3) is 0 Å². The minimum Gasteiger partial charge on any atom is -0.379 e. The molecule has 0 amide bonds. The number of ether oxygens (including phenoxy) is 2. The van der Waals surface area contributed by atoms with Gasteiger partial charge in [-0.1, -0.05) is 0 Å². The number of methoxy groups -OCH3 is 2. The fraction of sp³-hybridized carbons (Fsp3) is 1.00. The van der Waals surface area contributed by atoms with Crippen LogP contribution in [0.5, 0.6) is 0 Å². The smallest absolute Gasteiger partial charge is 0.0873 e. The largest absolute Gasteiger partial charge is 0.379 e. The van der Waals surface area contributed by atoms with E-state index in [1.807, 2.05) is 0 Å². The van der Waals surface area contributed by atoms with Gasteiger partial charge in [-0.2, -0.15) is 0 Å². The molecule has 0 radical (unpaired) electrons. The van der Waals surface area contributed by atoms with E-state index in [-0.39, 0.29) is 12.2 Å². The van der Waals surface area contributed by atoms with Crippen molar-refractivity contribution in [2.24, 2.45) is 23.3 Å². The quantitative estimate of drug-likeness (QED) is 0.671. The van der Waals surface area contributed by atoms with Crippen molar-refractivity contribution in [1.82, 2.24) is 0 Å². The third-order valence-corrected chi connectivity index (χ3v) is 3.24. The number of nitrogens with two attached hydrogens (primary N) is 2. The molecule has 4 unspecified atom stereocenters. The molecular weight excluding hydrogens is 180 g/mol. The Morgan fingerprint density at radius 1 is 1.07 bits per heavy atom. The molecule has 1 saturated carbocycles. The van der Waals surface area contributed by atoms with Crippen LogP contribution < -0.4 is 11.5 Å². The Morgan fingerprint density at radius 3 is 2.21 bits per heavy atom. The molecule has 1 aliphatic rings. The van der Waals surface area contributed by atoms with Crippen molar-refractivity contribution >= 4 is 0 Å². The van der Waals surface area contributed by atoms with Gasteiger partial charge in [0, 0.05) is 20.1 Å². The van der Waals surface area contributed by atoms with Crippen LogP contribution in [0.4, 0.5) is 0 Å². The van der Waals surface area contributed by atoms with Crippen molar-refractivity contribution in [2.45, 2.75) is 25.0 Å². The second kappa shape index (κ2) is 5.66. The van der Waals surface area contributed by atoms with E-state index in [2.05, 4.69) is 0 Å². The Balaban J connectivity index is 2.63. The summed E-state index contributed by atoms with van der Waals surface area (Å²) < 4.78 is 10.9. The lowest BCUT2D eigenvalue weighted by Gasteiger charge is -2.39. The molecule has 1 rings (SSSR count). The maximum atomic E-state index is 5.73. The van der Waals surface area contributed by atoms with Crippen LogP contribution >= 0.6 is 0 Å². The summed E-state index contributed by atoms with van der Waals surface area (Å²) in [7, 11) is 3.45. The van der Waals surface area contributed by atoms with Gasteiger partial charge in [-0.15, -0.1) is 0 Å². The minimum atomic E-state index is 0.132. The molecule has 0 saturated heterocycles. The average molecular weight is 202 g/mol. The van der Waals surface area contributed by atoms with Gasteiger partial charge in [0.05, 0.1) is 12.2 Å². The molecule has 14 heavy (non-hydrogen) atoms. The van der Waals surface area contributed by atoms with Gasteiger partial charge in [0.1, 0.15) is 0 Å². The first-order valence-electron chi connectivity index (χ1n) is 5.22. The number of hydrogen-bond acceptors (Lipinski definition) is 4. The maximum Gasteiger partial charge on any atom is 0.0873 e. The molecule has 4 atom stereocenters. The minimum absolute atomic E-state index is 0.132. The second-order valence-corrected chi connectivity index (χ2v) is 4.04. The Labute approximate surface area is 85.9 Å². The SMILES string of the molecule is COC1CC(CN)CC(CN)C1OC. The molecule has 0 aliphatic heterocycles. The van der Waals surface area contributed by atoms with E-state index in [0.29, 0.717) is 24.9 Å². The molecule has 4 N–H and O–H groups in total. The Morgan fingerprint density at radius 2 is 1.79 bits per heavy atom. The van der Waals surface area contributed by atoms with Gasteiger partial charge in [0.15, 0.2) is 0 Å². The zero-order valence-electron chi connectivity index (χ0n) is 9.11. The van der Waals surface area contributed by atoms with Crippen LogP contribution in [0.15, 0.2) is 0 Å². The summed E-state index contributed by atoms with van der Waals surface area (Å²) in [5, 5.41) is 0. The van der Waals surface area contributed by atoms with E-state index in [4.69, 9.17) is 20.9 Å². The van der Waals surface area contributed by atoms with Crippen LogP contribution in [0.3, 0.4) is 0 Å². The molecule has 0 aromatic carbocycles. The highest BCUT2D eigenvalue weighted by atomic mass is 16.5. The maximum absolute atomic E-state index is 5.73. The van der Waals surface area contributed by atoms with Crippen molar-refractivity contribution in [3.63, 3.8) is 0 Å². The average Bonchev–Trinajstić information content (AvgIpc) is 2.26. The van der Waals surface area contributed by atoms with Crippen molar-refractivity contribution in [2.75, 3.05) is 27.3 Å². The van der Waals surface area contributed by atoms with Crippen LogP contribution in [0, 0.1) is 11.8 Å². The van der Waals surface area contributed by atoms with Crippen molar-refractivity contribution < 1.29 is 9.47 Å². The van der Waals surface area contributed by atoms with Crippen LogP contribution in [0.25, 0.3) is 0 Å². The Kier molecular flexibility index (Phi) is 4.81. The monoisotopic (exact) mass is 202 g/mol. The summed E-state index contributed by atoms with van der Waals surface area (Å²) in [4.78, 5) is 0. The predicted molar refractivity (Wildman–Crippen MR) is 55.9 cm³/mol. The lowest BCUT2D eigenvalue weighted by atomic mass is 9.77. The van der Waals surface area contributed by atoms with Crippen molar-refractivity contribution in [1.29, 1.82) is 0 Å². The van der Waals surface area contributed by atoms with Gasteiger partial charge >= 0.3 is 0 Å². The molecule has 0 aromatic heterocycles. The molecule has 0 spiro atoms. The summed E-state index contributed by atoms with van der Waals surface area (Å²) in [6.45, 7) is 1.36. The van der Waals surface area contributed by atoms with E-state index in [1.54, 1.807) is 14.2 Å². The first-order chi connectivity index (χ1) is 6.76. The van der Waals surface area contributed by atoms with Crippen LogP contribution in [0.1, 0.15) is 12.8 Å². The number of rotatable bonds is 4. The standard InChI is InChI=1S/C10H22N2O2/c1-13-9-4-7(5-11)3-8(6-12)10(9)14-2/h7-10H,3-6,11-12H2,1-2H3. The summed E-state index contributed by atoms with van der Waals surface area (Å²) in [5.74, 6) is 0.909. The van der Waals surface area contributed by atoms with Gasteiger partial charge < -0.3 is 20.9 Å². The third-order valence-electron chi connectivity index (χ3n) is 3.24. The number of hydrogen-bond donors (Lipinski definition) is 2. The van der Waals surface area contributed by atoms with E-state index < -0.39 is 0 Å². The highest BCUT2D eigenvalue weighted by Gasteiger charge is 2.36. The van der Waals surface area contributed by atoms with E-state index in [1.165, 1.54) is 0 Å². The lowest BCUT2D eigenvalue weighted by molar-refractivity contribution is -0.0969. The first-order valence-corrected chi connectivity index (χ1v) is 5.22. The molecule has 0 aromatic rings. The van der Waals surface area contributed by atoms with Gasteiger partial charge in [-0.05, 0) is 31.8 Å². The van der Waals surface area contributed by atoms with E-state index >= 15 is 0 Å². The highest BCUT2D eigenvalue weighted by Crippen LogP contribution is 2.31. The Bertz CT molecular complexity index is 152. The van der Waals surface area contributed by atoms with Crippen molar-refractivity contribution in [3.8, 4) is 0 Å². The predicted octanol–water partition coefficient (Wildman–Crippen LogP) is -0.0400. The van der Waals surface area contributed by atoms with Gasteiger partial charge in [-0.25, -0.2) is 0 Å². The summed E-state index contributed by atoms with van der Waals surface area (Å²) in [6, 6.07) is 0. The topological polar surface area (TPSA) is 70.5 Å². The molecule has 4 nitrogen and oxygen atoms in total. The highest BCUT2D eigenvalue weighted by molar-refractivity contribution is 4.88. The molecular formula is C10H22N2O2. The van der Waals surface area contributed by atoms with Crippen molar-refractivity contribution in [3.05, 3.63) is 0 Å². The second-order valence-electron chi connectivity index (χ2n) is 4.04. The molecule has 84 valence electrons. The zero-order valence-corrected chi connectivity index (χ0v) is 9.11. The molecule has 0 bridgehead atoms. The fourth-order valence-corrected chi connectivity index (χ4v) is 2.42. The van der Waals surface area contributed by atoms with Crippen LogP contribution in [-0.4, -0.2) is 39.5 Å². The molecule has 0 heterocycles. The lowest BCUT2D eigenvalue weighted by Crippen LogP contribution is -2.47. The Hall–Kier alpha value is -0.160. The first kappa shape index (κ1) is 11.9. The summed E-state index contributed by atoms with van der Waals surface area (Å²) in [5.41, 5.74) is 11.4. The fourth-order valence-electron chi connectivity index (χ4n) is 2.42. The van der Waals surface area contributed by atoms with E-state index in [0.717, 1.165) is 12.8 Å². The zero-order chi connectivity index (χ0) is 10.6. The molecule has 1 aliphatic carbocycles. The van der Waals surface area contributed by atoms with Gasteiger partial charge in [0.2, 0.25) is 0 Å².